The van der Waals surface area contributed by atoms with E-state index in [-0.39, 0.29) is 11.6 Å². The molecule has 0 bridgehead atoms. The molecule has 5 nitrogen and oxygen atoms in total. The molecule has 0 fully saturated rings. The number of benzene rings is 2. The van der Waals surface area contributed by atoms with Crippen molar-refractivity contribution in [3.8, 4) is 0 Å². The first kappa shape index (κ1) is 13.9. The van der Waals surface area contributed by atoms with Crippen LogP contribution in [0.4, 0.5) is 11.4 Å². The lowest BCUT2D eigenvalue weighted by Crippen LogP contribution is -2.12. The van der Waals surface area contributed by atoms with Gasteiger partial charge < -0.3 is 5.32 Å². The Morgan fingerprint density at radius 3 is 2.75 bits per heavy atom. The number of rotatable bonds is 3. The van der Waals surface area contributed by atoms with Crippen LogP contribution < -0.4 is 5.32 Å². The van der Waals surface area contributed by atoms with E-state index in [0.717, 1.165) is 5.56 Å². The van der Waals surface area contributed by atoms with Crippen LogP contribution in [0.5, 0.6) is 0 Å². The first-order valence-electron chi connectivity index (χ1n) is 5.83. The Hall–Kier alpha value is -2.49. The normalized spacial score (nSPS) is 9.70. The third-order valence-electron chi connectivity index (χ3n) is 2.73. The van der Waals surface area contributed by atoms with Gasteiger partial charge in [0.15, 0.2) is 0 Å². The highest BCUT2D eigenvalue weighted by atomic mass is 35.5. The van der Waals surface area contributed by atoms with Crippen LogP contribution in [0.25, 0.3) is 10.4 Å². The quantitative estimate of drug-likeness (QED) is 0.489. The summed E-state index contributed by atoms with van der Waals surface area (Å²) in [5, 5.41) is 6.79. The van der Waals surface area contributed by atoms with Crippen molar-refractivity contribution >= 4 is 28.9 Å². The molecule has 0 aromatic heterocycles. The largest absolute Gasteiger partial charge is 0.322 e. The number of nitrogens with one attached hydrogen (secondary N) is 1. The van der Waals surface area contributed by atoms with Crippen LogP contribution in [0.3, 0.4) is 0 Å². The molecule has 100 valence electrons. The van der Waals surface area contributed by atoms with Crippen molar-refractivity contribution in [1.82, 2.24) is 0 Å². The van der Waals surface area contributed by atoms with Gasteiger partial charge in [-0.15, -0.1) is 0 Å². The molecule has 0 saturated heterocycles. The number of azide groups is 1. The van der Waals surface area contributed by atoms with Gasteiger partial charge in [0.25, 0.3) is 5.91 Å². The fourth-order valence-electron chi connectivity index (χ4n) is 1.67. The Kier molecular flexibility index (Phi) is 4.25. The molecule has 0 atom stereocenters. The lowest BCUT2D eigenvalue weighted by atomic mass is 10.1. The van der Waals surface area contributed by atoms with Gasteiger partial charge in [-0.05, 0) is 36.2 Å². The van der Waals surface area contributed by atoms with E-state index in [1.54, 1.807) is 36.4 Å². The highest BCUT2D eigenvalue weighted by Gasteiger charge is 2.10. The molecule has 20 heavy (non-hydrogen) atoms. The van der Waals surface area contributed by atoms with E-state index in [1.807, 2.05) is 13.0 Å². The Morgan fingerprint density at radius 1 is 1.30 bits per heavy atom. The average molecular weight is 287 g/mol. The number of amides is 1. The summed E-state index contributed by atoms with van der Waals surface area (Å²) in [7, 11) is 0. The van der Waals surface area contributed by atoms with Gasteiger partial charge in [-0.1, -0.05) is 41.0 Å². The molecule has 2 rings (SSSR count). The molecule has 0 aliphatic carbocycles. The summed E-state index contributed by atoms with van der Waals surface area (Å²) in [5.74, 6) is -0.354. The Labute approximate surface area is 120 Å². The van der Waals surface area contributed by atoms with Gasteiger partial charge >= 0.3 is 0 Å². The van der Waals surface area contributed by atoms with Crippen LogP contribution in [0.1, 0.15) is 15.9 Å². The average Bonchev–Trinajstić information content (AvgIpc) is 2.44. The molecule has 1 N–H and O–H groups in total. The van der Waals surface area contributed by atoms with E-state index < -0.39 is 0 Å². The summed E-state index contributed by atoms with van der Waals surface area (Å²) in [6, 6.07) is 11.8. The minimum absolute atomic E-state index is 0.283. The number of aryl methyl sites for hydroxylation is 1. The summed E-state index contributed by atoms with van der Waals surface area (Å²) < 4.78 is 0. The number of carbonyl (C=O) groups is 1. The number of carbonyl (C=O) groups excluding carboxylic acids is 1. The zero-order valence-corrected chi connectivity index (χ0v) is 11.4. The molecule has 2 aromatic carbocycles. The maximum atomic E-state index is 12.2. The van der Waals surface area contributed by atoms with E-state index in [9.17, 15) is 4.79 Å². The van der Waals surface area contributed by atoms with E-state index in [2.05, 4.69) is 15.3 Å². The molecule has 0 heterocycles. The van der Waals surface area contributed by atoms with Gasteiger partial charge in [0.05, 0.1) is 5.69 Å². The van der Waals surface area contributed by atoms with Crippen molar-refractivity contribution in [2.45, 2.75) is 6.92 Å². The molecule has 0 radical (unpaired) electrons. The molecular weight excluding hydrogens is 276 g/mol. The second kappa shape index (κ2) is 6.10. The summed E-state index contributed by atoms with van der Waals surface area (Å²) in [6.07, 6.45) is 0. The fraction of sp³-hybridized carbons (Fsp3) is 0.0714. The Morgan fingerprint density at radius 2 is 2.05 bits per heavy atom. The first-order chi connectivity index (χ1) is 9.61. The first-order valence-corrected chi connectivity index (χ1v) is 6.21. The second-order valence-electron chi connectivity index (χ2n) is 4.12. The second-order valence-corrected chi connectivity index (χ2v) is 4.53. The van der Waals surface area contributed by atoms with Crippen LogP contribution in [0, 0.1) is 6.92 Å². The smallest absolute Gasteiger partial charge is 0.256 e. The number of hydrogen-bond donors (Lipinski definition) is 1. The van der Waals surface area contributed by atoms with Crippen LogP contribution in [0.15, 0.2) is 47.6 Å². The fourth-order valence-corrected chi connectivity index (χ4v) is 1.85. The Balaban J connectivity index is 2.28. The maximum absolute atomic E-state index is 12.2. The maximum Gasteiger partial charge on any atom is 0.256 e. The highest BCUT2D eigenvalue weighted by Crippen LogP contribution is 2.23. The third kappa shape index (κ3) is 3.09. The lowest BCUT2D eigenvalue weighted by Gasteiger charge is -2.08. The number of anilines is 1. The van der Waals surface area contributed by atoms with Crippen molar-refractivity contribution in [3.63, 3.8) is 0 Å². The van der Waals surface area contributed by atoms with Crippen LogP contribution in [-0.2, 0) is 0 Å². The summed E-state index contributed by atoms with van der Waals surface area (Å²) >= 11 is 6.01. The minimum Gasteiger partial charge on any atom is -0.322 e. The van der Waals surface area contributed by atoms with Crippen molar-refractivity contribution in [3.05, 3.63) is 69.1 Å². The van der Waals surface area contributed by atoms with Gasteiger partial charge in [-0.3, -0.25) is 4.79 Å². The van der Waals surface area contributed by atoms with Crippen LogP contribution >= 0.6 is 11.6 Å². The SMILES string of the molecule is Cc1ccc(NC(=O)c2ccccc2N=[N+]=[N-])cc1Cl. The predicted octanol–water partition coefficient (Wildman–Crippen LogP) is 4.84. The molecule has 6 heteroatoms. The highest BCUT2D eigenvalue weighted by molar-refractivity contribution is 6.31. The van der Waals surface area contributed by atoms with Crippen molar-refractivity contribution in [2.75, 3.05) is 5.32 Å². The number of nitrogens with zero attached hydrogens (tertiary/aromatic N) is 3. The minimum atomic E-state index is -0.354. The summed E-state index contributed by atoms with van der Waals surface area (Å²) in [6.45, 7) is 1.88. The van der Waals surface area contributed by atoms with Gasteiger partial charge in [0.2, 0.25) is 0 Å². The molecule has 2 aromatic rings. The molecular formula is C14H11ClN4O. The number of hydrogen-bond acceptors (Lipinski definition) is 2. The zero-order valence-electron chi connectivity index (χ0n) is 10.7. The van der Waals surface area contributed by atoms with E-state index >= 15 is 0 Å². The van der Waals surface area contributed by atoms with Gasteiger partial charge in [-0.25, -0.2) is 0 Å². The van der Waals surface area contributed by atoms with Crippen molar-refractivity contribution < 1.29 is 4.79 Å². The molecule has 0 aliphatic heterocycles. The molecule has 0 aliphatic rings. The van der Waals surface area contributed by atoms with Crippen LogP contribution in [0.2, 0.25) is 5.02 Å². The third-order valence-corrected chi connectivity index (χ3v) is 3.14. The van der Waals surface area contributed by atoms with Gasteiger partial charge in [-0.2, -0.15) is 0 Å². The van der Waals surface area contributed by atoms with E-state index in [4.69, 9.17) is 17.1 Å². The lowest BCUT2D eigenvalue weighted by molar-refractivity contribution is 0.102. The standard InChI is InChI=1S/C14H11ClN4O/c1-9-6-7-10(8-12(9)15)17-14(20)11-4-2-3-5-13(11)18-19-16/h2-8H,1H3,(H,17,20). The summed E-state index contributed by atoms with van der Waals surface area (Å²) in [4.78, 5) is 14.9. The number of halogens is 1. The van der Waals surface area contributed by atoms with Gasteiger partial charge in [0, 0.05) is 21.2 Å². The van der Waals surface area contributed by atoms with Crippen LogP contribution in [-0.4, -0.2) is 5.91 Å². The Bertz CT molecular complexity index is 708. The molecule has 0 saturated carbocycles. The van der Waals surface area contributed by atoms with E-state index in [1.165, 1.54) is 0 Å². The monoisotopic (exact) mass is 286 g/mol. The van der Waals surface area contributed by atoms with Crippen molar-refractivity contribution in [1.29, 1.82) is 0 Å². The molecule has 1 amide bonds. The van der Waals surface area contributed by atoms with Gasteiger partial charge in [0.1, 0.15) is 0 Å². The molecule has 0 spiro atoms. The van der Waals surface area contributed by atoms with Crippen molar-refractivity contribution in [2.24, 2.45) is 5.11 Å². The topological polar surface area (TPSA) is 77.9 Å². The van der Waals surface area contributed by atoms with E-state index in [0.29, 0.717) is 16.3 Å². The molecule has 0 unspecified atom stereocenters. The summed E-state index contributed by atoms with van der Waals surface area (Å²) in [5.41, 5.74) is 10.6. The predicted molar refractivity (Wildman–Crippen MR) is 79.4 cm³/mol. The zero-order chi connectivity index (χ0) is 14.5.